The molecule has 0 saturated carbocycles. The van der Waals surface area contributed by atoms with E-state index in [2.05, 4.69) is 0 Å². The molecule has 264 valence electrons. The van der Waals surface area contributed by atoms with E-state index in [1.165, 1.54) is 11.3 Å². The van der Waals surface area contributed by atoms with Gasteiger partial charge in [0.2, 0.25) is 0 Å². The molecule has 20 heteroatoms. The van der Waals surface area contributed by atoms with E-state index in [0.717, 1.165) is 16.4 Å². The molecule has 10 aromatic rings. The molecule has 0 bridgehead atoms. The monoisotopic (exact) mass is 807 g/mol. The van der Waals surface area contributed by atoms with Gasteiger partial charge in [0, 0.05) is 36.9 Å². The topological polar surface area (TPSA) is 51.8 Å². The minimum absolute atomic E-state index is 0.00584. The van der Waals surface area contributed by atoms with Crippen LogP contribution in [-0.2, 0) is 0 Å². The highest BCUT2D eigenvalue weighted by molar-refractivity contribution is 7.28. The summed E-state index contributed by atoms with van der Waals surface area (Å²) in [5.41, 5.74) is 3.33. The van der Waals surface area contributed by atoms with Crippen molar-refractivity contribution >= 4 is 253 Å². The SMILES string of the molecule is [B]c1c([B])c(-c2nc(-c3ccccc3)nc(-c3ccc4c(c3)oc3ccccc34)n2)c([B])c(-c2c([B])c([B])c([B])c(-c3c([B])c([B])c([B])c4c3sc3c([B])c([B])c([B])c([B])c34)c2[B])c1[B]. The van der Waals surface area contributed by atoms with Crippen LogP contribution in [0.5, 0.6) is 0 Å². The number of thiophene rings is 1. The van der Waals surface area contributed by atoms with Crippen LogP contribution in [0, 0.1) is 0 Å². The Morgan fingerprint density at radius 3 is 1.42 bits per heavy atom. The Morgan fingerprint density at radius 2 is 0.769 bits per heavy atom. The van der Waals surface area contributed by atoms with Gasteiger partial charge in [-0.15, -0.1) is 38.7 Å². The summed E-state index contributed by atoms with van der Waals surface area (Å²) in [7, 11) is 101. The molecule has 0 unspecified atom stereocenters. The van der Waals surface area contributed by atoms with E-state index in [9.17, 15) is 0 Å². The summed E-state index contributed by atoms with van der Waals surface area (Å²) in [6.07, 6.45) is 0. The molecule has 65 heavy (non-hydrogen) atoms. The molecule has 0 amide bonds. The van der Waals surface area contributed by atoms with E-state index < -0.39 is 0 Å². The van der Waals surface area contributed by atoms with Crippen molar-refractivity contribution in [2.45, 2.75) is 0 Å². The lowest BCUT2D eigenvalue weighted by atomic mass is 9.56. The molecule has 0 fully saturated rings. The average molecular weight is 805 g/mol. The third-order valence-electron chi connectivity index (χ3n) is 12.0. The molecule has 0 N–H and O–H groups in total. The third-order valence-corrected chi connectivity index (χ3v) is 13.2. The molecular weight excluding hydrogens is 793 g/mol. The van der Waals surface area contributed by atoms with Gasteiger partial charge in [-0.25, -0.2) is 15.0 Å². The lowest BCUT2D eigenvalue weighted by Crippen LogP contribution is -2.51. The number of rotatable bonds is 5. The molecule has 0 aliphatic carbocycles. The van der Waals surface area contributed by atoms with Crippen LogP contribution in [0.1, 0.15) is 0 Å². The van der Waals surface area contributed by atoms with Crippen LogP contribution in [0.3, 0.4) is 0 Å². The molecule has 0 saturated heterocycles. The van der Waals surface area contributed by atoms with Gasteiger partial charge in [-0.05, 0) is 51.2 Å². The fraction of sp³-hybridized carbons (Fsp3) is 0. The number of hydrogen-bond acceptors (Lipinski definition) is 5. The van der Waals surface area contributed by atoms with Crippen molar-refractivity contribution in [1.29, 1.82) is 0 Å². The first-order valence-electron chi connectivity index (χ1n) is 19.7. The fourth-order valence-corrected chi connectivity index (χ4v) is 9.92. The second-order valence-corrected chi connectivity index (χ2v) is 16.6. The van der Waals surface area contributed by atoms with E-state index in [-0.39, 0.29) is 121 Å². The molecule has 3 heterocycles. The molecular formula is C45H12B15N3OS. The van der Waals surface area contributed by atoms with Gasteiger partial charge in [0.1, 0.15) is 129 Å². The van der Waals surface area contributed by atoms with Gasteiger partial charge in [-0.3, -0.25) is 0 Å². The van der Waals surface area contributed by atoms with E-state index in [4.69, 9.17) is 137 Å². The smallest absolute Gasteiger partial charge is 0.164 e. The molecule has 7 aromatic carbocycles. The van der Waals surface area contributed by atoms with Crippen LogP contribution in [0.2, 0.25) is 0 Å². The van der Waals surface area contributed by atoms with Crippen molar-refractivity contribution < 1.29 is 4.42 Å². The summed E-state index contributed by atoms with van der Waals surface area (Å²) in [5, 5.41) is 2.68. The maximum absolute atomic E-state index is 7.20. The summed E-state index contributed by atoms with van der Waals surface area (Å²) < 4.78 is 7.12. The zero-order valence-corrected chi connectivity index (χ0v) is 35.1. The predicted octanol–water partition coefficient (Wildman–Crippen LogP) is -5.62. The summed E-state index contributed by atoms with van der Waals surface area (Å²) in [5.74, 6) is 0.634. The number of nitrogens with zero attached hydrogens (tertiary/aromatic N) is 3. The lowest BCUT2D eigenvalue weighted by molar-refractivity contribution is 0.669. The highest BCUT2D eigenvalue weighted by Crippen LogP contribution is 2.36. The first-order chi connectivity index (χ1) is 31.0. The Bertz CT molecular complexity index is 3740. The van der Waals surface area contributed by atoms with Crippen LogP contribution in [-0.4, -0.2) is 133 Å². The minimum Gasteiger partial charge on any atom is -0.456 e. The fourth-order valence-electron chi connectivity index (χ4n) is 8.55. The number of benzene rings is 7. The van der Waals surface area contributed by atoms with Gasteiger partial charge in [0.15, 0.2) is 17.5 Å². The molecule has 3 aromatic heterocycles. The molecule has 0 atom stereocenters. The second kappa shape index (κ2) is 15.9. The molecule has 0 spiro atoms. The molecule has 10 rings (SSSR count). The molecule has 0 aliphatic heterocycles. The van der Waals surface area contributed by atoms with Crippen LogP contribution >= 0.6 is 11.3 Å². The van der Waals surface area contributed by atoms with E-state index in [1.54, 1.807) is 0 Å². The number of para-hydroxylation sites is 1. The Morgan fingerprint density at radius 1 is 0.323 bits per heavy atom. The molecule has 4 nitrogen and oxygen atoms in total. The van der Waals surface area contributed by atoms with E-state index in [1.807, 2.05) is 72.8 Å². The maximum Gasteiger partial charge on any atom is 0.164 e. The van der Waals surface area contributed by atoms with E-state index in [0.29, 0.717) is 42.7 Å². The number of furan rings is 1. The van der Waals surface area contributed by atoms with Crippen LogP contribution in [0.25, 0.3) is 98.5 Å². The zero-order valence-electron chi connectivity index (χ0n) is 34.2. The van der Waals surface area contributed by atoms with Crippen LogP contribution in [0.15, 0.2) is 77.2 Å². The van der Waals surface area contributed by atoms with Gasteiger partial charge in [-0.1, -0.05) is 109 Å². The Labute approximate surface area is 399 Å². The van der Waals surface area contributed by atoms with Crippen molar-refractivity contribution in [3.63, 3.8) is 0 Å². The Kier molecular flexibility index (Phi) is 10.6. The van der Waals surface area contributed by atoms with Crippen molar-refractivity contribution in [1.82, 2.24) is 15.0 Å². The lowest BCUT2D eigenvalue weighted by Gasteiger charge is -2.29. The second-order valence-electron chi connectivity index (χ2n) is 15.6. The summed E-state index contributed by atoms with van der Waals surface area (Å²) in [6, 6.07) is 22.8. The quantitative estimate of drug-likeness (QED) is 0.163. The Hall–Kier alpha value is -5.46. The van der Waals surface area contributed by atoms with Gasteiger partial charge in [-0.2, -0.15) is 0 Å². The maximum atomic E-state index is 7.20. The normalized spacial score (nSPS) is 11.7. The van der Waals surface area contributed by atoms with Gasteiger partial charge >= 0.3 is 0 Å². The van der Waals surface area contributed by atoms with Gasteiger partial charge < -0.3 is 4.42 Å². The van der Waals surface area contributed by atoms with Gasteiger partial charge in [0.05, 0.1) is 0 Å². The standard InChI is InChI=1S/C45H12B15N3OS/c46-26-19(28(48)35(55)30(50)21(26)22-31(51)37(57)32(52)23-24-33(53)38(58)39(59)40(60)42(24)65-41(22)23)20-27(47)25(34(54)36(56)29(20)49)45-62-43(13-6-2-1-3-7-13)61-44(63-45)14-10-11-16-15-8-4-5-9-17(15)64-18(16)12-14/h1-12H. The zero-order chi connectivity index (χ0) is 46.1. The van der Waals surface area contributed by atoms with Gasteiger partial charge in [0.25, 0.3) is 0 Å². The molecule has 0 aliphatic rings. The van der Waals surface area contributed by atoms with Crippen molar-refractivity contribution in [2.75, 3.05) is 0 Å². The first kappa shape index (κ1) is 43.4. The minimum atomic E-state index is -0.0914. The largest absolute Gasteiger partial charge is 0.456 e. The third kappa shape index (κ3) is 6.44. The molecule has 30 radical (unpaired) electrons. The van der Waals surface area contributed by atoms with Crippen LogP contribution < -0.4 is 81.9 Å². The van der Waals surface area contributed by atoms with Crippen molar-refractivity contribution in [2.24, 2.45) is 0 Å². The highest BCUT2D eigenvalue weighted by Gasteiger charge is 2.27. The van der Waals surface area contributed by atoms with Crippen LogP contribution in [0.4, 0.5) is 0 Å². The highest BCUT2D eigenvalue weighted by atomic mass is 32.1. The van der Waals surface area contributed by atoms with E-state index >= 15 is 0 Å². The number of hydrogen-bond donors (Lipinski definition) is 0. The number of aromatic nitrogens is 3. The predicted molar refractivity (Wildman–Crippen MR) is 288 cm³/mol. The summed E-state index contributed by atoms with van der Waals surface area (Å²) >= 11 is 1.17. The summed E-state index contributed by atoms with van der Waals surface area (Å²) in [6.45, 7) is 0. The number of fused-ring (bicyclic) bond motifs is 6. The summed E-state index contributed by atoms with van der Waals surface area (Å²) in [4.78, 5) is 14.7. The van der Waals surface area contributed by atoms with Crippen molar-refractivity contribution in [3.05, 3.63) is 72.8 Å². The first-order valence-corrected chi connectivity index (χ1v) is 20.5. The average Bonchev–Trinajstić information content (AvgIpc) is 3.90. The van der Waals surface area contributed by atoms with Crippen molar-refractivity contribution in [3.8, 4) is 56.4 Å². The Balaban J connectivity index is 1.25.